The first-order valence-corrected chi connectivity index (χ1v) is 16.5. The van der Waals surface area contributed by atoms with Crippen molar-refractivity contribution >= 4 is 34.6 Å². The molecule has 0 bridgehead atoms. The number of unbranched alkanes of at least 4 members (excludes halogenated alkanes) is 1. The Balaban J connectivity index is 1.33. The lowest BCUT2D eigenvalue weighted by Gasteiger charge is -2.13. The quantitative estimate of drug-likeness (QED) is 0.102. The molecule has 248 valence electrons. The van der Waals surface area contributed by atoms with Gasteiger partial charge < -0.3 is 14.0 Å². The van der Waals surface area contributed by atoms with Crippen molar-refractivity contribution in [3.63, 3.8) is 0 Å². The number of aromatic nitrogens is 3. The SMILES string of the molecule is CCCCc1nc2cc(Cl)n(Cc3ccc(-c4ccccc4C(=O)OC)cc3)c(=O)c2n1Cc1ccc(-c2ccccc2C(=O)OC)cc1. The summed E-state index contributed by atoms with van der Waals surface area (Å²) in [7, 11) is 2.74. The van der Waals surface area contributed by atoms with Crippen molar-refractivity contribution in [2.45, 2.75) is 39.3 Å². The highest BCUT2D eigenvalue weighted by Gasteiger charge is 2.19. The van der Waals surface area contributed by atoms with Crippen LogP contribution in [-0.2, 0) is 29.0 Å². The number of imidazole rings is 1. The van der Waals surface area contributed by atoms with Crippen molar-refractivity contribution in [1.82, 2.24) is 14.1 Å². The molecule has 4 aromatic carbocycles. The van der Waals surface area contributed by atoms with Gasteiger partial charge in [0.05, 0.1) is 37.4 Å². The van der Waals surface area contributed by atoms with E-state index < -0.39 is 5.97 Å². The van der Waals surface area contributed by atoms with E-state index in [1.165, 1.54) is 14.2 Å². The molecule has 0 atom stereocenters. The Labute approximate surface area is 289 Å². The van der Waals surface area contributed by atoms with Gasteiger partial charge in [-0.3, -0.25) is 9.36 Å². The van der Waals surface area contributed by atoms with Crippen molar-refractivity contribution in [1.29, 1.82) is 0 Å². The molecule has 9 heteroatoms. The third-order valence-corrected chi connectivity index (χ3v) is 8.98. The molecular weight excluding hydrogens is 638 g/mol. The van der Waals surface area contributed by atoms with Gasteiger partial charge in [-0.15, -0.1) is 0 Å². The van der Waals surface area contributed by atoms with Crippen LogP contribution in [0.2, 0.25) is 5.15 Å². The zero-order chi connectivity index (χ0) is 34.5. The number of ether oxygens (including phenoxy) is 2. The summed E-state index contributed by atoms with van der Waals surface area (Å²) < 4.78 is 13.5. The van der Waals surface area contributed by atoms with Crippen LogP contribution < -0.4 is 5.56 Å². The van der Waals surface area contributed by atoms with Crippen molar-refractivity contribution in [3.8, 4) is 22.3 Å². The van der Waals surface area contributed by atoms with Gasteiger partial charge in [-0.05, 0) is 51.9 Å². The lowest BCUT2D eigenvalue weighted by atomic mass is 9.98. The van der Waals surface area contributed by atoms with Crippen molar-refractivity contribution in [2.24, 2.45) is 0 Å². The summed E-state index contributed by atoms with van der Waals surface area (Å²) in [5.41, 5.74) is 6.99. The molecule has 49 heavy (non-hydrogen) atoms. The topological polar surface area (TPSA) is 92.4 Å². The molecular formula is C40H36ClN3O5. The van der Waals surface area contributed by atoms with E-state index in [4.69, 9.17) is 26.1 Å². The van der Waals surface area contributed by atoms with Crippen LogP contribution in [0, 0.1) is 0 Å². The summed E-state index contributed by atoms with van der Waals surface area (Å²) in [6.07, 6.45) is 2.64. The largest absolute Gasteiger partial charge is 0.465 e. The van der Waals surface area contributed by atoms with Gasteiger partial charge in [-0.1, -0.05) is 110 Å². The van der Waals surface area contributed by atoms with E-state index in [1.54, 1.807) is 28.8 Å². The van der Waals surface area contributed by atoms with Crippen LogP contribution in [0.3, 0.4) is 0 Å². The summed E-state index contributed by atoms with van der Waals surface area (Å²) in [4.78, 5) is 43.7. The Bertz CT molecular complexity index is 2200. The summed E-state index contributed by atoms with van der Waals surface area (Å²) in [5.74, 6) is 0.0393. The lowest BCUT2D eigenvalue weighted by Crippen LogP contribution is -2.24. The molecule has 0 aliphatic carbocycles. The lowest BCUT2D eigenvalue weighted by molar-refractivity contribution is 0.0592. The molecule has 2 aromatic heterocycles. The Kier molecular flexibility index (Phi) is 10.1. The summed E-state index contributed by atoms with van der Waals surface area (Å²) in [6, 6.07) is 32.1. The number of methoxy groups -OCH3 is 2. The molecule has 0 saturated carbocycles. The highest BCUT2D eigenvalue weighted by molar-refractivity contribution is 6.30. The van der Waals surface area contributed by atoms with Crippen LogP contribution >= 0.6 is 11.6 Å². The van der Waals surface area contributed by atoms with Crippen molar-refractivity contribution < 1.29 is 19.1 Å². The van der Waals surface area contributed by atoms with Gasteiger partial charge in [0.1, 0.15) is 16.5 Å². The van der Waals surface area contributed by atoms with Gasteiger partial charge in [0.2, 0.25) is 0 Å². The summed E-state index contributed by atoms with van der Waals surface area (Å²) >= 11 is 6.73. The maximum absolute atomic E-state index is 14.2. The second kappa shape index (κ2) is 14.7. The first-order valence-electron chi connectivity index (χ1n) is 16.1. The molecule has 6 rings (SSSR count). The molecule has 8 nitrogen and oxygen atoms in total. The first kappa shape index (κ1) is 33.4. The molecule has 0 unspecified atom stereocenters. The Hall–Kier alpha value is -5.47. The number of pyridine rings is 1. The fraction of sp³-hybridized carbons (Fsp3) is 0.200. The van der Waals surface area contributed by atoms with Gasteiger partial charge in [0.25, 0.3) is 5.56 Å². The zero-order valence-electron chi connectivity index (χ0n) is 27.6. The van der Waals surface area contributed by atoms with Crippen LogP contribution in [-0.4, -0.2) is 40.3 Å². The van der Waals surface area contributed by atoms with Crippen molar-refractivity contribution in [3.05, 3.63) is 147 Å². The maximum Gasteiger partial charge on any atom is 0.338 e. The fourth-order valence-corrected chi connectivity index (χ4v) is 6.33. The van der Waals surface area contributed by atoms with E-state index in [1.807, 2.05) is 83.4 Å². The molecule has 0 amide bonds. The van der Waals surface area contributed by atoms with Gasteiger partial charge in [-0.2, -0.15) is 0 Å². The van der Waals surface area contributed by atoms with Gasteiger partial charge in [0, 0.05) is 19.0 Å². The number of hydrogen-bond donors (Lipinski definition) is 0. The second-order valence-electron chi connectivity index (χ2n) is 11.8. The number of hydrogen-bond acceptors (Lipinski definition) is 6. The number of carbonyl (C=O) groups is 2. The number of nitrogens with zero attached hydrogens (tertiary/aromatic N) is 3. The van der Waals surface area contributed by atoms with Crippen LogP contribution in [0.15, 0.2) is 108 Å². The Morgan fingerprint density at radius 2 is 1.20 bits per heavy atom. The van der Waals surface area contributed by atoms with E-state index in [2.05, 4.69) is 6.92 Å². The van der Waals surface area contributed by atoms with E-state index in [-0.39, 0.29) is 18.1 Å². The number of halogens is 1. The predicted molar refractivity (Wildman–Crippen MR) is 192 cm³/mol. The molecule has 0 aliphatic rings. The van der Waals surface area contributed by atoms with Crippen molar-refractivity contribution in [2.75, 3.05) is 14.2 Å². The summed E-state index contributed by atoms with van der Waals surface area (Å²) in [5, 5.41) is 0.304. The molecule has 6 aromatic rings. The normalized spacial score (nSPS) is 11.1. The highest BCUT2D eigenvalue weighted by Crippen LogP contribution is 2.28. The molecule has 0 aliphatic heterocycles. The minimum atomic E-state index is -0.402. The minimum Gasteiger partial charge on any atom is -0.465 e. The predicted octanol–water partition coefficient (Wildman–Crippen LogP) is 8.20. The number of fused-ring (bicyclic) bond motifs is 1. The first-order chi connectivity index (χ1) is 23.8. The van der Waals surface area contributed by atoms with E-state index in [0.717, 1.165) is 58.5 Å². The van der Waals surface area contributed by atoms with Crippen LogP contribution in [0.25, 0.3) is 33.3 Å². The third kappa shape index (κ3) is 6.91. The monoisotopic (exact) mass is 673 g/mol. The molecule has 0 N–H and O–H groups in total. The average molecular weight is 674 g/mol. The number of esters is 2. The minimum absolute atomic E-state index is 0.221. The number of carbonyl (C=O) groups excluding carboxylic acids is 2. The third-order valence-electron chi connectivity index (χ3n) is 8.66. The Morgan fingerprint density at radius 1 is 0.714 bits per heavy atom. The maximum atomic E-state index is 14.2. The van der Waals surface area contributed by atoms with Crippen LogP contribution in [0.4, 0.5) is 0 Å². The van der Waals surface area contributed by atoms with Gasteiger partial charge in [-0.25, -0.2) is 14.6 Å². The molecule has 0 fully saturated rings. The number of rotatable bonds is 11. The van der Waals surface area contributed by atoms with Gasteiger partial charge >= 0.3 is 11.9 Å². The summed E-state index contributed by atoms with van der Waals surface area (Å²) in [6.45, 7) is 2.83. The Morgan fingerprint density at radius 3 is 1.69 bits per heavy atom. The van der Waals surface area contributed by atoms with E-state index in [9.17, 15) is 14.4 Å². The number of benzene rings is 4. The molecule has 2 heterocycles. The van der Waals surface area contributed by atoms with Crippen LogP contribution in [0.5, 0.6) is 0 Å². The van der Waals surface area contributed by atoms with E-state index >= 15 is 0 Å². The van der Waals surface area contributed by atoms with Crippen LogP contribution in [0.1, 0.15) is 57.4 Å². The molecule has 0 spiro atoms. The fourth-order valence-electron chi connectivity index (χ4n) is 6.09. The zero-order valence-corrected chi connectivity index (χ0v) is 28.4. The van der Waals surface area contributed by atoms with E-state index in [0.29, 0.717) is 33.9 Å². The smallest absolute Gasteiger partial charge is 0.338 e. The molecule has 0 saturated heterocycles. The highest BCUT2D eigenvalue weighted by atomic mass is 35.5. The molecule has 0 radical (unpaired) electrons. The van der Waals surface area contributed by atoms with Gasteiger partial charge in [0.15, 0.2) is 0 Å². The second-order valence-corrected chi connectivity index (χ2v) is 12.2. The number of aryl methyl sites for hydroxylation is 1. The average Bonchev–Trinajstić information content (AvgIpc) is 3.48. The standard InChI is InChI=1S/C40H36ClN3O5/c1-4-5-14-36-42-34-23-35(41)43(24-26-15-19-28(20-16-26)30-10-6-8-12-32(30)39(46)48-2)38(45)37(34)44(36)25-27-17-21-29(22-18-27)31-11-7-9-13-33(31)40(47)49-3/h6-13,15-23H,4-5,14,24-25H2,1-3H3.